The molecule has 20 heavy (non-hydrogen) atoms. The molecular weight excluding hydrogens is 256 g/mol. The molecule has 0 radical (unpaired) electrons. The SMILES string of the molecule is CN(CCOc1ccccc1)C(=O)CCn1cncn1. The molecule has 0 bridgehead atoms. The molecule has 1 aromatic carbocycles. The summed E-state index contributed by atoms with van der Waals surface area (Å²) < 4.78 is 7.20. The molecule has 0 unspecified atom stereocenters. The van der Waals surface area contributed by atoms with Gasteiger partial charge in [0.05, 0.1) is 13.1 Å². The molecular formula is C14H18N4O2. The van der Waals surface area contributed by atoms with Gasteiger partial charge in [-0.05, 0) is 12.1 Å². The zero-order valence-corrected chi connectivity index (χ0v) is 11.5. The Bertz CT molecular complexity index is 513. The second-order valence-electron chi connectivity index (χ2n) is 4.39. The van der Waals surface area contributed by atoms with Crippen molar-refractivity contribution in [1.82, 2.24) is 19.7 Å². The van der Waals surface area contributed by atoms with E-state index in [1.165, 1.54) is 6.33 Å². The average molecular weight is 274 g/mol. The first-order valence-electron chi connectivity index (χ1n) is 6.50. The maximum Gasteiger partial charge on any atom is 0.224 e. The van der Waals surface area contributed by atoms with Crippen molar-refractivity contribution in [2.75, 3.05) is 20.2 Å². The van der Waals surface area contributed by atoms with Crippen molar-refractivity contribution in [3.63, 3.8) is 0 Å². The van der Waals surface area contributed by atoms with E-state index in [1.54, 1.807) is 23.0 Å². The first kappa shape index (κ1) is 14.0. The van der Waals surface area contributed by atoms with Crippen molar-refractivity contribution in [3.8, 4) is 5.75 Å². The number of para-hydroxylation sites is 1. The van der Waals surface area contributed by atoms with Gasteiger partial charge in [-0.25, -0.2) is 4.98 Å². The second-order valence-corrected chi connectivity index (χ2v) is 4.39. The first-order chi connectivity index (χ1) is 9.75. The van der Waals surface area contributed by atoms with Crippen molar-refractivity contribution in [2.45, 2.75) is 13.0 Å². The monoisotopic (exact) mass is 274 g/mol. The summed E-state index contributed by atoms with van der Waals surface area (Å²) in [7, 11) is 1.78. The maximum atomic E-state index is 11.9. The Kier molecular flexibility index (Phi) is 5.11. The molecule has 1 heterocycles. The molecule has 6 nitrogen and oxygen atoms in total. The Balaban J connectivity index is 1.66. The van der Waals surface area contributed by atoms with Crippen molar-refractivity contribution >= 4 is 5.91 Å². The smallest absolute Gasteiger partial charge is 0.224 e. The Morgan fingerprint density at radius 1 is 1.35 bits per heavy atom. The Labute approximate surface area is 118 Å². The van der Waals surface area contributed by atoms with Crippen LogP contribution in [0.25, 0.3) is 0 Å². The number of likely N-dealkylation sites (N-methyl/N-ethyl adjacent to an activating group) is 1. The fourth-order valence-electron chi connectivity index (χ4n) is 1.69. The molecule has 0 aliphatic carbocycles. The number of nitrogens with zero attached hydrogens (tertiary/aromatic N) is 4. The standard InChI is InChI=1S/C14H18N4O2/c1-17(9-10-20-13-5-3-2-4-6-13)14(19)7-8-18-12-15-11-16-18/h2-6,11-12H,7-10H2,1H3. The highest BCUT2D eigenvalue weighted by molar-refractivity contribution is 5.75. The van der Waals surface area contributed by atoms with Gasteiger partial charge >= 0.3 is 0 Å². The lowest BCUT2D eigenvalue weighted by atomic mass is 10.3. The molecule has 0 atom stereocenters. The van der Waals surface area contributed by atoms with Crippen LogP contribution in [0.5, 0.6) is 5.75 Å². The molecule has 0 saturated heterocycles. The van der Waals surface area contributed by atoms with Gasteiger partial charge in [-0.3, -0.25) is 9.48 Å². The van der Waals surface area contributed by atoms with Crippen LogP contribution in [0.15, 0.2) is 43.0 Å². The van der Waals surface area contributed by atoms with Gasteiger partial charge < -0.3 is 9.64 Å². The van der Waals surface area contributed by atoms with Crippen LogP contribution in [0, 0.1) is 0 Å². The predicted octanol–water partition coefficient (Wildman–Crippen LogP) is 1.21. The van der Waals surface area contributed by atoms with Crippen LogP contribution < -0.4 is 4.74 Å². The predicted molar refractivity (Wildman–Crippen MR) is 74.2 cm³/mol. The van der Waals surface area contributed by atoms with Gasteiger partial charge in [-0.2, -0.15) is 5.10 Å². The van der Waals surface area contributed by atoms with Crippen LogP contribution >= 0.6 is 0 Å². The average Bonchev–Trinajstić information content (AvgIpc) is 2.99. The van der Waals surface area contributed by atoms with Crippen LogP contribution in [0.4, 0.5) is 0 Å². The number of amides is 1. The van der Waals surface area contributed by atoms with Gasteiger partial charge in [-0.15, -0.1) is 0 Å². The fraction of sp³-hybridized carbons (Fsp3) is 0.357. The second kappa shape index (κ2) is 7.28. The van der Waals surface area contributed by atoms with Gasteiger partial charge in [0.25, 0.3) is 0 Å². The summed E-state index contributed by atoms with van der Waals surface area (Å²) in [6.45, 7) is 1.59. The van der Waals surface area contributed by atoms with Gasteiger partial charge in [0, 0.05) is 13.5 Å². The summed E-state index contributed by atoms with van der Waals surface area (Å²) in [6.07, 6.45) is 3.47. The van der Waals surface area contributed by atoms with Gasteiger partial charge in [-0.1, -0.05) is 18.2 Å². The molecule has 0 aliphatic rings. The number of carbonyl (C=O) groups excluding carboxylic acids is 1. The largest absolute Gasteiger partial charge is 0.492 e. The van der Waals surface area contributed by atoms with Crippen LogP contribution in [0.2, 0.25) is 0 Å². The van der Waals surface area contributed by atoms with E-state index in [4.69, 9.17) is 4.74 Å². The third-order valence-electron chi connectivity index (χ3n) is 2.89. The summed E-state index contributed by atoms with van der Waals surface area (Å²) in [4.78, 5) is 17.4. The summed E-state index contributed by atoms with van der Waals surface area (Å²) in [5.41, 5.74) is 0. The normalized spacial score (nSPS) is 10.2. The molecule has 0 N–H and O–H groups in total. The molecule has 2 rings (SSSR count). The number of hydrogen-bond donors (Lipinski definition) is 0. The van der Waals surface area contributed by atoms with E-state index in [1.807, 2.05) is 30.3 Å². The van der Waals surface area contributed by atoms with E-state index in [0.29, 0.717) is 26.1 Å². The highest BCUT2D eigenvalue weighted by Gasteiger charge is 2.08. The van der Waals surface area contributed by atoms with Crippen LogP contribution in [-0.4, -0.2) is 45.8 Å². The summed E-state index contributed by atoms with van der Waals surface area (Å²) in [5, 5.41) is 3.96. The van der Waals surface area contributed by atoms with Crippen LogP contribution in [0.1, 0.15) is 6.42 Å². The number of aromatic nitrogens is 3. The number of ether oxygens (including phenoxy) is 1. The van der Waals surface area contributed by atoms with Crippen LogP contribution in [0.3, 0.4) is 0 Å². The van der Waals surface area contributed by atoms with E-state index < -0.39 is 0 Å². The topological polar surface area (TPSA) is 60.2 Å². The summed E-state index contributed by atoms with van der Waals surface area (Å²) in [6, 6.07) is 9.57. The number of aryl methyl sites for hydroxylation is 1. The Morgan fingerprint density at radius 2 is 2.15 bits per heavy atom. The molecule has 6 heteroatoms. The molecule has 0 spiro atoms. The molecule has 0 saturated carbocycles. The lowest BCUT2D eigenvalue weighted by Gasteiger charge is -2.17. The zero-order valence-electron chi connectivity index (χ0n) is 11.5. The van der Waals surface area contributed by atoms with E-state index in [-0.39, 0.29) is 5.91 Å². The third-order valence-corrected chi connectivity index (χ3v) is 2.89. The Morgan fingerprint density at radius 3 is 2.85 bits per heavy atom. The summed E-state index contributed by atoms with van der Waals surface area (Å²) in [5.74, 6) is 0.883. The third kappa shape index (κ3) is 4.38. The van der Waals surface area contributed by atoms with Gasteiger partial charge in [0.2, 0.25) is 5.91 Å². The molecule has 0 fully saturated rings. The lowest BCUT2D eigenvalue weighted by molar-refractivity contribution is -0.130. The number of carbonyl (C=O) groups is 1. The number of benzene rings is 1. The van der Waals surface area contributed by atoms with E-state index in [2.05, 4.69) is 10.1 Å². The van der Waals surface area contributed by atoms with Gasteiger partial charge in [0.15, 0.2) is 0 Å². The molecule has 1 amide bonds. The van der Waals surface area contributed by atoms with Crippen molar-refractivity contribution in [3.05, 3.63) is 43.0 Å². The first-order valence-corrected chi connectivity index (χ1v) is 6.50. The highest BCUT2D eigenvalue weighted by Crippen LogP contribution is 2.07. The van der Waals surface area contributed by atoms with Crippen molar-refractivity contribution in [1.29, 1.82) is 0 Å². The zero-order chi connectivity index (χ0) is 14.2. The van der Waals surface area contributed by atoms with E-state index >= 15 is 0 Å². The van der Waals surface area contributed by atoms with Crippen molar-refractivity contribution < 1.29 is 9.53 Å². The minimum absolute atomic E-state index is 0.0668. The molecule has 106 valence electrons. The maximum absolute atomic E-state index is 11.9. The quantitative estimate of drug-likeness (QED) is 0.761. The fourth-order valence-corrected chi connectivity index (χ4v) is 1.69. The number of hydrogen-bond acceptors (Lipinski definition) is 4. The van der Waals surface area contributed by atoms with Gasteiger partial charge in [0.1, 0.15) is 25.0 Å². The Hall–Kier alpha value is -2.37. The van der Waals surface area contributed by atoms with E-state index in [0.717, 1.165) is 5.75 Å². The lowest BCUT2D eigenvalue weighted by Crippen LogP contribution is -2.31. The van der Waals surface area contributed by atoms with E-state index in [9.17, 15) is 4.79 Å². The minimum atomic E-state index is 0.0668. The minimum Gasteiger partial charge on any atom is -0.492 e. The highest BCUT2D eigenvalue weighted by atomic mass is 16.5. The van der Waals surface area contributed by atoms with Crippen molar-refractivity contribution in [2.24, 2.45) is 0 Å². The summed E-state index contributed by atoms with van der Waals surface area (Å²) >= 11 is 0. The van der Waals surface area contributed by atoms with Crippen LogP contribution in [-0.2, 0) is 11.3 Å². The number of rotatable bonds is 7. The molecule has 0 aliphatic heterocycles. The molecule has 1 aromatic heterocycles. The molecule has 2 aromatic rings.